The van der Waals surface area contributed by atoms with Gasteiger partial charge in [-0.25, -0.2) is 9.97 Å². The highest BCUT2D eigenvalue weighted by molar-refractivity contribution is 6.10. The third-order valence-corrected chi connectivity index (χ3v) is 6.39. The van der Waals surface area contributed by atoms with Gasteiger partial charge in [0.25, 0.3) is 5.91 Å². The van der Waals surface area contributed by atoms with Crippen molar-refractivity contribution in [2.24, 2.45) is 0 Å². The highest BCUT2D eigenvalue weighted by atomic mass is 16.1. The predicted octanol–water partition coefficient (Wildman–Crippen LogP) is 4.34. The van der Waals surface area contributed by atoms with Crippen molar-refractivity contribution in [3.63, 3.8) is 0 Å². The van der Waals surface area contributed by atoms with Gasteiger partial charge >= 0.3 is 0 Å². The zero-order chi connectivity index (χ0) is 19.1. The smallest absolute Gasteiger partial charge is 0.257 e. The Morgan fingerprint density at radius 3 is 2.32 bits per heavy atom. The van der Waals surface area contributed by atoms with E-state index in [1.54, 1.807) is 0 Å². The van der Waals surface area contributed by atoms with Crippen molar-refractivity contribution >= 4 is 33.9 Å². The number of benzene rings is 1. The maximum atomic E-state index is 13.2. The summed E-state index contributed by atoms with van der Waals surface area (Å²) in [5, 5.41) is 3.19. The summed E-state index contributed by atoms with van der Waals surface area (Å²) < 4.78 is 2.09. The quantitative estimate of drug-likeness (QED) is 0.711. The van der Waals surface area contributed by atoms with Crippen molar-refractivity contribution in [1.29, 1.82) is 0 Å². The van der Waals surface area contributed by atoms with Crippen LogP contribution in [0.4, 0.5) is 5.82 Å². The van der Waals surface area contributed by atoms with Crippen LogP contribution in [0.3, 0.4) is 0 Å². The van der Waals surface area contributed by atoms with E-state index in [-0.39, 0.29) is 11.9 Å². The lowest BCUT2D eigenvalue weighted by Gasteiger charge is -2.25. The first kappa shape index (κ1) is 17.5. The van der Waals surface area contributed by atoms with Crippen LogP contribution >= 0.6 is 0 Å². The summed E-state index contributed by atoms with van der Waals surface area (Å²) >= 11 is 0. The molecule has 0 aliphatic heterocycles. The Hall–Kier alpha value is -2.63. The lowest BCUT2D eigenvalue weighted by Crippen LogP contribution is -2.33. The molecule has 0 atom stereocenters. The van der Waals surface area contributed by atoms with Crippen LogP contribution in [-0.4, -0.2) is 26.5 Å². The Balaban J connectivity index is 1.67. The predicted molar refractivity (Wildman–Crippen MR) is 111 cm³/mol. The fourth-order valence-electron chi connectivity index (χ4n) is 4.94. The van der Waals surface area contributed by atoms with Gasteiger partial charge in [0.2, 0.25) is 0 Å². The minimum atomic E-state index is -0.103. The van der Waals surface area contributed by atoms with E-state index in [0.717, 1.165) is 42.4 Å². The van der Waals surface area contributed by atoms with Crippen molar-refractivity contribution < 1.29 is 4.79 Å². The second-order valence-corrected chi connectivity index (χ2v) is 8.26. The van der Waals surface area contributed by atoms with Gasteiger partial charge in [-0.3, -0.25) is 4.79 Å². The summed E-state index contributed by atoms with van der Waals surface area (Å²) in [4.78, 5) is 22.9. The average Bonchev–Trinajstić information content (AvgIpc) is 3.31. The van der Waals surface area contributed by atoms with Crippen LogP contribution in [0.25, 0.3) is 22.2 Å². The molecule has 1 amide bonds. The van der Waals surface area contributed by atoms with Crippen molar-refractivity contribution in [1.82, 2.24) is 19.9 Å². The summed E-state index contributed by atoms with van der Waals surface area (Å²) in [6.07, 6.45) is 10.2. The fourth-order valence-corrected chi connectivity index (χ4v) is 4.94. The monoisotopic (exact) mass is 377 g/mol. The molecule has 28 heavy (non-hydrogen) atoms. The van der Waals surface area contributed by atoms with E-state index in [4.69, 9.17) is 15.7 Å². The normalized spacial score (nSPS) is 18.9. The first-order valence-corrected chi connectivity index (χ1v) is 10.6. The Labute approximate surface area is 164 Å². The van der Waals surface area contributed by atoms with Crippen molar-refractivity contribution in [2.75, 3.05) is 5.73 Å². The first-order valence-electron chi connectivity index (χ1n) is 10.6. The van der Waals surface area contributed by atoms with Gasteiger partial charge in [-0.15, -0.1) is 0 Å². The van der Waals surface area contributed by atoms with Crippen molar-refractivity contribution in [3.8, 4) is 0 Å². The Kier molecular flexibility index (Phi) is 4.41. The van der Waals surface area contributed by atoms with Crippen LogP contribution < -0.4 is 11.1 Å². The number of fused-ring (bicyclic) bond motifs is 2. The summed E-state index contributed by atoms with van der Waals surface area (Å²) in [6.45, 7) is 0. The molecular weight excluding hydrogens is 350 g/mol. The molecule has 0 radical (unpaired) electrons. The summed E-state index contributed by atoms with van der Waals surface area (Å²) in [5.74, 6) is 0.418. The van der Waals surface area contributed by atoms with Gasteiger partial charge in [-0.2, -0.15) is 0 Å². The number of rotatable bonds is 3. The van der Waals surface area contributed by atoms with Crippen LogP contribution in [0.1, 0.15) is 74.2 Å². The van der Waals surface area contributed by atoms with Gasteiger partial charge in [0, 0.05) is 12.1 Å². The molecule has 2 heterocycles. The number of nitrogens with two attached hydrogens (primary N) is 1. The molecule has 146 valence electrons. The summed E-state index contributed by atoms with van der Waals surface area (Å²) in [5.41, 5.74) is 10.1. The second-order valence-electron chi connectivity index (χ2n) is 8.26. The molecule has 0 bridgehead atoms. The topological polar surface area (TPSA) is 85.8 Å². The second kappa shape index (κ2) is 7.08. The summed E-state index contributed by atoms with van der Waals surface area (Å²) in [6, 6.07) is 8.35. The van der Waals surface area contributed by atoms with Gasteiger partial charge in [-0.1, -0.05) is 44.2 Å². The Morgan fingerprint density at radius 1 is 0.964 bits per heavy atom. The Morgan fingerprint density at radius 2 is 1.61 bits per heavy atom. The number of aromatic nitrogens is 3. The molecule has 2 aliphatic carbocycles. The van der Waals surface area contributed by atoms with Crippen LogP contribution in [-0.2, 0) is 0 Å². The molecule has 2 fully saturated rings. The average molecular weight is 377 g/mol. The van der Waals surface area contributed by atoms with Crippen molar-refractivity contribution in [3.05, 3.63) is 29.8 Å². The van der Waals surface area contributed by atoms with Crippen LogP contribution in [0.5, 0.6) is 0 Å². The van der Waals surface area contributed by atoms with E-state index < -0.39 is 0 Å². The number of hydrogen-bond acceptors (Lipinski definition) is 4. The van der Waals surface area contributed by atoms with Crippen LogP contribution in [0.15, 0.2) is 24.3 Å². The van der Waals surface area contributed by atoms with Crippen LogP contribution in [0.2, 0.25) is 0 Å². The fraction of sp³-hybridized carbons (Fsp3) is 0.500. The largest absolute Gasteiger partial charge is 0.384 e. The first-order chi connectivity index (χ1) is 13.7. The molecule has 0 spiro atoms. The molecule has 5 rings (SSSR count). The van der Waals surface area contributed by atoms with Crippen LogP contribution in [0, 0.1) is 0 Å². The molecule has 2 saturated carbocycles. The number of amides is 1. The third-order valence-electron chi connectivity index (χ3n) is 6.39. The zero-order valence-electron chi connectivity index (χ0n) is 16.2. The highest BCUT2D eigenvalue weighted by Gasteiger charge is 2.29. The summed E-state index contributed by atoms with van der Waals surface area (Å²) in [7, 11) is 0. The number of anilines is 1. The molecule has 6 nitrogen and oxygen atoms in total. The molecule has 2 aliphatic rings. The van der Waals surface area contributed by atoms with E-state index >= 15 is 0 Å². The van der Waals surface area contributed by atoms with Gasteiger partial charge in [0.05, 0.1) is 11.0 Å². The molecule has 1 aromatic carbocycles. The lowest BCUT2D eigenvalue weighted by molar-refractivity contribution is 0.0940. The maximum Gasteiger partial charge on any atom is 0.257 e. The third kappa shape index (κ3) is 2.91. The van der Waals surface area contributed by atoms with E-state index in [9.17, 15) is 4.79 Å². The molecule has 0 saturated heterocycles. The number of carbonyl (C=O) groups is 1. The van der Waals surface area contributed by atoms with Gasteiger partial charge in [0.1, 0.15) is 16.9 Å². The maximum absolute atomic E-state index is 13.2. The number of nitrogen functional groups attached to an aromatic ring is 1. The number of hydrogen-bond donors (Lipinski definition) is 2. The van der Waals surface area contributed by atoms with E-state index in [1.165, 1.54) is 32.1 Å². The van der Waals surface area contributed by atoms with Gasteiger partial charge in [0.15, 0.2) is 5.65 Å². The SMILES string of the molecule is Nc1c(C(=O)NC2CCCC2)c2nc3ccccc3nc2n1C1CCCCC1. The molecule has 2 aromatic heterocycles. The zero-order valence-corrected chi connectivity index (χ0v) is 16.2. The Bertz CT molecular complexity index is 1030. The van der Waals surface area contributed by atoms with Gasteiger partial charge in [-0.05, 0) is 37.8 Å². The number of nitrogens with one attached hydrogen (secondary N) is 1. The van der Waals surface area contributed by atoms with E-state index in [0.29, 0.717) is 22.9 Å². The molecular formula is C22H27N5O. The number of para-hydroxylation sites is 2. The van der Waals surface area contributed by atoms with E-state index in [2.05, 4.69) is 9.88 Å². The molecule has 3 aromatic rings. The molecule has 6 heteroatoms. The van der Waals surface area contributed by atoms with Crippen molar-refractivity contribution in [2.45, 2.75) is 69.9 Å². The molecule has 0 unspecified atom stereocenters. The number of carbonyl (C=O) groups excluding carboxylic acids is 1. The minimum absolute atomic E-state index is 0.103. The number of nitrogens with zero attached hydrogens (tertiary/aromatic N) is 3. The molecule has 3 N–H and O–H groups in total. The van der Waals surface area contributed by atoms with Gasteiger partial charge < -0.3 is 15.6 Å². The van der Waals surface area contributed by atoms with E-state index in [1.807, 2.05) is 24.3 Å². The standard InChI is InChI=1S/C22H27N5O/c23-20-18(22(28)24-14-8-4-5-9-14)19-21(27(20)15-10-2-1-3-11-15)26-17-13-7-6-12-16(17)25-19/h6-7,12-15H,1-5,8-11,23H2,(H,24,28). The lowest BCUT2D eigenvalue weighted by atomic mass is 9.95. The highest BCUT2D eigenvalue weighted by Crippen LogP contribution is 2.37. The minimum Gasteiger partial charge on any atom is -0.384 e.